The van der Waals surface area contributed by atoms with E-state index in [1.165, 1.54) is 0 Å². The molecule has 0 amide bonds. The van der Waals surface area contributed by atoms with Gasteiger partial charge in [0.15, 0.2) is 5.79 Å². The fourth-order valence-corrected chi connectivity index (χ4v) is 1.80. The van der Waals surface area contributed by atoms with Crippen molar-refractivity contribution in [3.05, 3.63) is 35.9 Å². The van der Waals surface area contributed by atoms with Crippen molar-refractivity contribution in [1.29, 1.82) is 0 Å². The number of rotatable bonds is 5. The normalized spacial score (nSPS) is 22.5. The van der Waals surface area contributed by atoms with Crippen molar-refractivity contribution in [2.24, 2.45) is 5.16 Å². The average molecular weight is 265 g/mol. The molecule has 1 aliphatic rings. The number of nitrogens with zero attached hydrogens (tertiary/aromatic N) is 1. The van der Waals surface area contributed by atoms with Crippen LogP contribution in [0.1, 0.15) is 19.4 Å². The van der Waals surface area contributed by atoms with Crippen LogP contribution in [0.3, 0.4) is 0 Å². The van der Waals surface area contributed by atoms with E-state index in [1.807, 2.05) is 44.2 Å². The van der Waals surface area contributed by atoms with Crippen LogP contribution < -0.4 is 0 Å². The molecule has 1 saturated heterocycles. The molecule has 0 radical (unpaired) electrons. The zero-order valence-electron chi connectivity index (χ0n) is 11.2. The molecule has 104 valence electrons. The molecule has 0 aromatic heterocycles. The van der Waals surface area contributed by atoms with Crippen LogP contribution in [0.2, 0.25) is 0 Å². The van der Waals surface area contributed by atoms with Gasteiger partial charge in [0.1, 0.15) is 18.4 Å². The first-order chi connectivity index (χ1) is 9.11. The van der Waals surface area contributed by atoms with Crippen LogP contribution in [0.15, 0.2) is 35.5 Å². The van der Waals surface area contributed by atoms with Gasteiger partial charge in [-0.25, -0.2) is 0 Å². The molecule has 1 aromatic rings. The summed E-state index contributed by atoms with van der Waals surface area (Å²) in [5, 5.41) is 13.3. The molecule has 0 bridgehead atoms. The molecule has 0 spiro atoms. The number of hydrogen-bond acceptors (Lipinski definition) is 5. The molecule has 1 aliphatic heterocycles. The summed E-state index contributed by atoms with van der Waals surface area (Å²) in [4.78, 5) is 5.25. The monoisotopic (exact) mass is 265 g/mol. The minimum Gasteiger partial charge on any atom is -0.391 e. The molecule has 0 saturated carbocycles. The van der Waals surface area contributed by atoms with Gasteiger partial charge in [-0.15, -0.1) is 0 Å². The van der Waals surface area contributed by atoms with Gasteiger partial charge in [0.2, 0.25) is 0 Å². The lowest BCUT2D eigenvalue weighted by Gasteiger charge is -2.17. The Morgan fingerprint density at radius 1 is 1.42 bits per heavy atom. The average Bonchev–Trinajstić information content (AvgIpc) is 2.76. The molecule has 5 nitrogen and oxygen atoms in total. The fourth-order valence-electron chi connectivity index (χ4n) is 1.80. The van der Waals surface area contributed by atoms with Gasteiger partial charge >= 0.3 is 0 Å². The van der Waals surface area contributed by atoms with Crippen molar-refractivity contribution in [1.82, 2.24) is 0 Å². The summed E-state index contributed by atoms with van der Waals surface area (Å²) in [6.07, 6.45) is -0.351. The van der Waals surface area contributed by atoms with Crippen LogP contribution >= 0.6 is 0 Å². The highest BCUT2D eigenvalue weighted by molar-refractivity contribution is 5.89. The summed E-state index contributed by atoms with van der Waals surface area (Å²) < 4.78 is 11.0. The highest BCUT2D eigenvalue weighted by Gasteiger charge is 2.35. The Morgan fingerprint density at radius 3 is 2.74 bits per heavy atom. The van der Waals surface area contributed by atoms with Crippen molar-refractivity contribution in [2.45, 2.75) is 32.3 Å². The van der Waals surface area contributed by atoms with Gasteiger partial charge in [-0.3, -0.25) is 0 Å². The third-order valence-corrected chi connectivity index (χ3v) is 2.80. The van der Waals surface area contributed by atoms with Crippen LogP contribution in [-0.2, 0) is 20.9 Å². The topological polar surface area (TPSA) is 60.3 Å². The summed E-state index contributed by atoms with van der Waals surface area (Å²) in [5.41, 5.74) is 1.47. The van der Waals surface area contributed by atoms with Crippen molar-refractivity contribution in [3.8, 4) is 0 Å². The second-order valence-corrected chi connectivity index (χ2v) is 4.82. The maximum Gasteiger partial charge on any atom is 0.163 e. The van der Waals surface area contributed by atoms with E-state index in [-0.39, 0.29) is 12.7 Å². The van der Waals surface area contributed by atoms with E-state index in [0.717, 1.165) is 5.56 Å². The van der Waals surface area contributed by atoms with Gasteiger partial charge in [-0.05, 0) is 19.4 Å². The predicted molar refractivity (Wildman–Crippen MR) is 70.7 cm³/mol. The molecule has 1 fully saturated rings. The van der Waals surface area contributed by atoms with Crippen LogP contribution in [0.5, 0.6) is 0 Å². The van der Waals surface area contributed by atoms with Gasteiger partial charge in [0.05, 0.1) is 13.2 Å². The quantitative estimate of drug-likeness (QED) is 0.650. The van der Waals surface area contributed by atoms with E-state index in [4.69, 9.17) is 14.3 Å². The Hall–Kier alpha value is -1.43. The van der Waals surface area contributed by atoms with Crippen LogP contribution in [0, 0.1) is 0 Å². The Balaban J connectivity index is 1.89. The summed E-state index contributed by atoms with van der Waals surface area (Å²) >= 11 is 0. The van der Waals surface area contributed by atoms with Crippen molar-refractivity contribution in [2.75, 3.05) is 13.2 Å². The summed E-state index contributed by atoms with van der Waals surface area (Å²) in [6, 6.07) is 9.72. The highest BCUT2D eigenvalue weighted by Crippen LogP contribution is 2.23. The number of hydrogen-bond donors (Lipinski definition) is 1. The summed E-state index contributed by atoms with van der Waals surface area (Å²) in [6.45, 7) is 4.18. The molecule has 1 N–H and O–H groups in total. The number of aliphatic hydroxyl groups is 1. The first-order valence-electron chi connectivity index (χ1n) is 6.26. The van der Waals surface area contributed by atoms with Crippen LogP contribution in [0.25, 0.3) is 0 Å². The van der Waals surface area contributed by atoms with E-state index in [0.29, 0.717) is 18.9 Å². The van der Waals surface area contributed by atoms with Gasteiger partial charge in [0.25, 0.3) is 0 Å². The van der Waals surface area contributed by atoms with E-state index < -0.39 is 5.79 Å². The fraction of sp³-hybridized carbons (Fsp3) is 0.500. The van der Waals surface area contributed by atoms with Gasteiger partial charge in [0, 0.05) is 0 Å². The van der Waals surface area contributed by atoms with Gasteiger partial charge in [-0.1, -0.05) is 35.5 Å². The van der Waals surface area contributed by atoms with E-state index >= 15 is 0 Å². The third-order valence-electron chi connectivity index (χ3n) is 2.80. The van der Waals surface area contributed by atoms with Crippen molar-refractivity contribution in [3.63, 3.8) is 0 Å². The second kappa shape index (κ2) is 6.14. The first-order valence-corrected chi connectivity index (χ1v) is 6.26. The Bertz CT molecular complexity index is 430. The van der Waals surface area contributed by atoms with E-state index in [2.05, 4.69) is 5.16 Å². The lowest BCUT2D eigenvalue weighted by atomic mass is 10.2. The minimum atomic E-state index is -0.639. The maximum absolute atomic E-state index is 9.31. The number of benzene rings is 1. The highest BCUT2D eigenvalue weighted by atomic mass is 16.7. The molecule has 0 aliphatic carbocycles. The first kappa shape index (κ1) is 14.0. The lowest BCUT2D eigenvalue weighted by molar-refractivity contribution is -0.131. The third kappa shape index (κ3) is 4.02. The van der Waals surface area contributed by atoms with Crippen LogP contribution in [-0.4, -0.2) is 35.9 Å². The molecule has 1 atom stereocenters. The van der Waals surface area contributed by atoms with Gasteiger partial charge in [-0.2, -0.15) is 0 Å². The summed E-state index contributed by atoms with van der Waals surface area (Å²) in [7, 11) is 0. The molecular formula is C14H19NO4. The molecular weight excluding hydrogens is 246 g/mol. The van der Waals surface area contributed by atoms with Crippen molar-refractivity contribution < 1.29 is 19.4 Å². The number of oxime groups is 1. The molecule has 5 heteroatoms. The zero-order valence-corrected chi connectivity index (χ0v) is 11.2. The zero-order chi connectivity index (χ0) is 13.7. The molecule has 1 heterocycles. The number of aliphatic hydroxyl groups excluding tert-OH is 1. The van der Waals surface area contributed by atoms with E-state index in [1.54, 1.807) is 0 Å². The molecule has 19 heavy (non-hydrogen) atoms. The predicted octanol–water partition coefficient (Wildman–Crippen LogP) is 1.70. The largest absolute Gasteiger partial charge is 0.391 e. The second-order valence-electron chi connectivity index (χ2n) is 4.82. The van der Waals surface area contributed by atoms with Crippen LogP contribution in [0.4, 0.5) is 0 Å². The molecule has 1 unspecified atom stereocenters. The van der Waals surface area contributed by atoms with Gasteiger partial charge < -0.3 is 19.4 Å². The number of ether oxygens (including phenoxy) is 2. The molecule has 1 aromatic carbocycles. The Labute approximate surface area is 112 Å². The smallest absolute Gasteiger partial charge is 0.163 e. The Morgan fingerprint density at radius 2 is 2.16 bits per heavy atom. The Kier molecular flexibility index (Phi) is 4.52. The van der Waals surface area contributed by atoms with E-state index in [9.17, 15) is 5.11 Å². The summed E-state index contributed by atoms with van der Waals surface area (Å²) in [5.74, 6) is -0.639. The maximum atomic E-state index is 9.31. The van der Waals surface area contributed by atoms with Crippen molar-refractivity contribution >= 4 is 5.71 Å². The lowest BCUT2D eigenvalue weighted by Crippen LogP contribution is -2.29. The minimum absolute atomic E-state index is 0.209. The standard InChI is InChI=1S/C14H19NO4/c1-14(2)17-10-13(19-14)12(8-16)15-18-9-11-6-4-3-5-7-11/h3-7,13,16H,8-10H2,1-2H3/b15-12-. The molecule has 2 rings (SSSR count). The SMILES string of the molecule is CC1(C)OCC(/C(CO)=N\OCc2ccccc2)O1.